The molecule has 2 fully saturated rings. The van der Waals surface area contributed by atoms with Crippen LogP contribution in [0.5, 0.6) is 11.5 Å². The summed E-state index contributed by atoms with van der Waals surface area (Å²) in [5.74, 6) is 0.836. The van der Waals surface area contributed by atoms with Crippen LogP contribution >= 0.6 is 11.8 Å². The number of nitrogens with zero attached hydrogens (tertiary/aromatic N) is 3. The number of likely N-dealkylation sites (tertiary alicyclic amines) is 1. The minimum atomic E-state index is -0.476. The molecule has 186 valence electrons. The van der Waals surface area contributed by atoms with Crippen molar-refractivity contribution >= 4 is 34.9 Å². The Hall–Kier alpha value is -3.77. The van der Waals surface area contributed by atoms with Crippen LogP contribution in [-0.2, 0) is 16.2 Å². The predicted octanol–water partition coefficient (Wildman–Crippen LogP) is 4.44. The van der Waals surface area contributed by atoms with Gasteiger partial charge in [0.2, 0.25) is 5.91 Å². The number of hydrogen-bond acceptors (Lipinski definition) is 7. The van der Waals surface area contributed by atoms with E-state index in [1.807, 2.05) is 12.1 Å². The number of carbonyl (C=O) groups excluding carboxylic acids is 3. The molecule has 0 aliphatic carbocycles. The van der Waals surface area contributed by atoms with E-state index in [1.54, 1.807) is 41.3 Å². The van der Waals surface area contributed by atoms with Crippen LogP contribution in [0, 0.1) is 17.2 Å². The van der Waals surface area contributed by atoms with E-state index in [2.05, 4.69) is 13.0 Å². The van der Waals surface area contributed by atoms with Crippen LogP contribution < -0.4 is 9.47 Å². The van der Waals surface area contributed by atoms with Gasteiger partial charge in [-0.25, -0.2) is 0 Å². The monoisotopic (exact) mass is 505 g/mol. The van der Waals surface area contributed by atoms with Gasteiger partial charge in [-0.3, -0.25) is 19.3 Å². The number of rotatable bonds is 7. The number of ether oxygens (including phenoxy) is 2. The first-order valence-corrected chi connectivity index (χ1v) is 12.5. The van der Waals surface area contributed by atoms with Gasteiger partial charge >= 0.3 is 0 Å². The molecule has 9 heteroatoms. The van der Waals surface area contributed by atoms with Gasteiger partial charge in [0.15, 0.2) is 11.5 Å². The molecule has 2 heterocycles. The second-order valence-corrected chi connectivity index (χ2v) is 9.79. The minimum absolute atomic E-state index is 0.197. The summed E-state index contributed by atoms with van der Waals surface area (Å²) in [7, 11) is 1.51. The predicted molar refractivity (Wildman–Crippen MR) is 136 cm³/mol. The highest BCUT2D eigenvalue weighted by Crippen LogP contribution is 2.35. The lowest BCUT2D eigenvalue weighted by Crippen LogP contribution is -2.45. The Kier molecular flexibility index (Phi) is 7.96. The van der Waals surface area contributed by atoms with Gasteiger partial charge in [0.05, 0.1) is 23.6 Å². The van der Waals surface area contributed by atoms with Crippen molar-refractivity contribution in [2.75, 3.05) is 26.7 Å². The van der Waals surface area contributed by atoms with E-state index in [0.29, 0.717) is 41.6 Å². The molecule has 0 bridgehead atoms. The molecule has 36 heavy (non-hydrogen) atoms. The van der Waals surface area contributed by atoms with Gasteiger partial charge in [0.25, 0.3) is 11.1 Å². The fourth-order valence-corrected chi connectivity index (χ4v) is 4.92. The lowest BCUT2D eigenvalue weighted by Gasteiger charge is -2.31. The van der Waals surface area contributed by atoms with E-state index >= 15 is 0 Å². The van der Waals surface area contributed by atoms with Crippen molar-refractivity contribution in [2.45, 2.75) is 26.4 Å². The largest absolute Gasteiger partial charge is 0.493 e. The molecule has 2 aromatic carbocycles. The number of amides is 3. The number of methoxy groups -OCH3 is 1. The third-order valence-corrected chi connectivity index (χ3v) is 7.22. The summed E-state index contributed by atoms with van der Waals surface area (Å²) in [6.07, 6.45) is 3.47. The topological polar surface area (TPSA) is 99.9 Å². The molecule has 2 aliphatic rings. The molecular weight excluding hydrogens is 478 g/mol. The Morgan fingerprint density at radius 1 is 1.17 bits per heavy atom. The Balaban J connectivity index is 1.43. The molecule has 0 unspecified atom stereocenters. The average molecular weight is 506 g/mol. The molecule has 0 spiro atoms. The van der Waals surface area contributed by atoms with Gasteiger partial charge in [-0.05, 0) is 60.4 Å². The van der Waals surface area contributed by atoms with Crippen molar-refractivity contribution in [1.82, 2.24) is 9.80 Å². The minimum Gasteiger partial charge on any atom is -0.493 e. The number of hydrogen-bond donors (Lipinski definition) is 0. The molecule has 0 radical (unpaired) electrons. The lowest BCUT2D eigenvalue weighted by molar-refractivity contribution is -0.136. The fourth-order valence-electron chi connectivity index (χ4n) is 4.08. The number of nitriles is 1. The van der Waals surface area contributed by atoms with Crippen LogP contribution in [0.25, 0.3) is 6.08 Å². The Morgan fingerprint density at radius 3 is 2.64 bits per heavy atom. The van der Waals surface area contributed by atoms with Gasteiger partial charge in [0.1, 0.15) is 13.2 Å². The van der Waals surface area contributed by atoms with Gasteiger partial charge in [-0.15, -0.1) is 0 Å². The van der Waals surface area contributed by atoms with Crippen molar-refractivity contribution in [3.05, 3.63) is 64.1 Å². The van der Waals surface area contributed by atoms with Crippen molar-refractivity contribution < 1.29 is 23.9 Å². The first kappa shape index (κ1) is 25.3. The zero-order valence-corrected chi connectivity index (χ0v) is 21.0. The second kappa shape index (κ2) is 11.3. The molecule has 2 saturated heterocycles. The Morgan fingerprint density at radius 2 is 1.92 bits per heavy atom. The molecule has 8 nitrogen and oxygen atoms in total. The van der Waals surface area contributed by atoms with Crippen LogP contribution in [0.15, 0.2) is 47.4 Å². The van der Waals surface area contributed by atoms with Gasteiger partial charge in [-0.2, -0.15) is 5.26 Å². The third kappa shape index (κ3) is 5.71. The maximum atomic E-state index is 12.9. The summed E-state index contributed by atoms with van der Waals surface area (Å²) in [4.78, 5) is 41.0. The summed E-state index contributed by atoms with van der Waals surface area (Å²) in [6.45, 7) is 3.42. The summed E-state index contributed by atoms with van der Waals surface area (Å²) < 4.78 is 11.3. The van der Waals surface area contributed by atoms with E-state index in [-0.39, 0.29) is 24.0 Å². The van der Waals surface area contributed by atoms with Crippen LogP contribution in [0.3, 0.4) is 0 Å². The van der Waals surface area contributed by atoms with Gasteiger partial charge < -0.3 is 14.4 Å². The van der Waals surface area contributed by atoms with Crippen molar-refractivity contribution in [2.24, 2.45) is 5.92 Å². The summed E-state index contributed by atoms with van der Waals surface area (Å²) in [5.41, 5.74) is 1.95. The van der Waals surface area contributed by atoms with E-state index in [0.717, 1.165) is 35.1 Å². The number of thioether (sulfide) groups is 1. The molecule has 2 aliphatic heterocycles. The summed E-state index contributed by atoms with van der Waals surface area (Å²) >= 11 is 0.820. The van der Waals surface area contributed by atoms with Gasteiger partial charge in [0, 0.05) is 18.7 Å². The maximum Gasteiger partial charge on any atom is 0.294 e. The highest BCUT2D eigenvalue weighted by Gasteiger charge is 2.37. The van der Waals surface area contributed by atoms with E-state index in [4.69, 9.17) is 9.47 Å². The van der Waals surface area contributed by atoms with Crippen LogP contribution in [0.4, 0.5) is 4.79 Å². The third-order valence-electron chi connectivity index (χ3n) is 6.31. The summed E-state index contributed by atoms with van der Waals surface area (Å²) in [6, 6.07) is 14.5. The highest BCUT2D eigenvalue weighted by molar-refractivity contribution is 8.18. The van der Waals surface area contributed by atoms with Gasteiger partial charge in [-0.1, -0.05) is 31.2 Å². The molecule has 2 aromatic rings. The van der Waals surface area contributed by atoms with E-state index < -0.39 is 11.1 Å². The number of imide groups is 1. The smallest absolute Gasteiger partial charge is 0.294 e. The lowest BCUT2D eigenvalue weighted by atomic mass is 9.99. The fraction of sp³-hybridized carbons (Fsp3) is 0.333. The number of benzene rings is 2. The average Bonchev–Trinajstić information content (AvgIpc) is 3.15. The zero-order chi connectivity index (χ0) is 25.7. The molecular formula is C27H27N3O5S. The van der Waals surface area contributed by atoms with Crippen molar-refractivity contribution in [3.63, 3.8) is 0 Å². The van der Waals surface area contributed by atoms with Crippen LogP contribution in [0.1, 0.15) is 36.5 Å². The standard InChI is InChI=1S/C27H27N3O5S/c1-18-9-11-29(12-10-18)25(31)16-30-26(32)24(36-27(30)33)14-19-7-8-22(23(13-19)34-2)35-17-21-6-4-3-5-20(21)15-28/h3-8,13-14,18H,9-12,16-17H2,1-2H3/b24-14-. The van der Waals surface area contributed by atoms with Crippen molar-refractivity contribution in [3.8, 4) is 17.6 Å². The Bertz CT molecular complexity index is 1240. The maximum absolute atomic E-state index is 12.9. The van der Waals surface area contributed by atoms with E-state index in [1.165, 1.54) is 7.11 Å². The second-order valence-electron chi connectivity index (χ2n) is 8.80. The normalized spacial score (nSPS) is 17.4. The van der Waals surface area contributed by atoms with Crippen LogP contribution in [0.2, 0.25) is 0 Å². The highest BCUT2D eigenvalue weighted by atomic mass is 32.2. The molecule has 0 N–H and O–H groups in total. The molecule has 0 atom stereocenters. The zero-order valence-electron chi connectivity index (χ0n) is 20.2. The molecule has 0 saturated carbocycles. The molecule has 0 aromatic heterocycles. The SMILES string of the molecule is COc1cc(/C=C2\SC(=O)N(CC(=O)N3CCC(C)CC3)C2=O)ccc1OCc1ccccc1C#N. The van der Waals surface area contributed by atoms with Crippen LogP contribution in [-0.4, -0.2) is 53.6 Å². The first-order valence-electron chi connectivity index (χ1n) is 11.7. The summed E-state index contributed by atoms with van der Waals surface area (Å²) in [5, 5.41) is 8.81. The quantitative estimate of drug-likeness (QED) is 0.513. The first-order chi connectivity index (χ1) is 17.4. The number of piperidine rings is 1. The van der Waals surface area contributed by atoms with E-state index in [9.17, 15) is 19.6 Å². The van der Waals surface area contributed by atoms with Crippen molar-refractivity contribution in [1.29, 1.82) is 5.26 Å². The Labute approximate surface area is 214 Å². The molecule has 3 amide bonds. The number of carbonyl (C=O) groups is 3. The molecule has 4 rings (SSSR count).